The monoisotopic (exact) mass is 434 g/mol. The Labute approximate surface area is 182 Å². The highest BCUT2D eigenvalue weighted by Crippen LogP contribution is 2.16. The molecule has 170 valence electrons. The van der Waals surface area contributed by atoms with Crippen LogP contribution in [0.4, 0.5) is 19.3 Å². The minimum Gasteiger partial charge on any atom is -0.353 e. The maximum absolute atomic E-state index is 14.0. The fraction of sp³-hybridized carbons (Fsp3) is 0.478. The topological polar surface area (TPSA) is 57.6 Å². The number of aryl methyl sites for hydroxylation is 1. The lowest BCUT2D eigenvalue weighted by atomic mass is 10.2. The van der Waals surface area contributed by atoms with Crippen molar-refractivity contribution in [1.82, 2.24) is 14.4 Å². The lowest BCUT2D eigenvalue weighted by Crippen LogP contribution is -2.46. The molecule has 0 saturated heterocycles. The Morgan fingerprint density at radius 2 is 1.90 bits per heavy atom. The van der Waals surface area contributed by atoms with Gasteiger partial charge in [0.25, 0.3) is 0 Å². The molecule has 0 fully saturated rings. The van der Waals surface area contributed by atoms with Crippen molar-refractivity contribution < 1.29 is 18.4 Å². The number of anilines is 1. The molecule has 8 heteroatoms. The van der Waals surface area contributed by atoms with E-state index in [9.17, 15) is 18.4 Å². The average Bonchev–Trinajstić information content (AvgIpc) is 3.10. The molecule has 2 rings (SSSR count). The molecule has 1 aromatic heterocycles. The summed E-state index contributed by atoms with van der Waals surface area (Å²) < 4.78 is 29.1. The van der Waals surface area contributed by atoms with Crippen molar-refractivity contribution in [1.29, 1.82) is 0 Å². The summed E-state index contributed by atoms with van der Waals surface area (Å²) in [4.78, 5) is 29.0. The molecule has 0 unspecified atom stereocenters. The smallest absolute Gasteiger partial charge is 0.322 e. The van der Waals surface area contributed by atoms with E-state index in [1.54, 1.807) is 4.90 Å². The predicted molar refractivity (Wildman–Crippen MR) is 118 cm³/mol. The summed E-state index contributed by atoms with van der Waals surface area (Å²) in [5, 5.41) is 2.46. The molecule has 2 aromatic rings. The maximum atomic E-state index is 14.0. The number of amides is 3. The predicted octanol–water partition coefficient (Wildman–Crippen LogP) is 4.62. The fourth-order valence-electron chi connectivity index (χ4n) is 3.21. The van der Waals surface area contributed by atoms with Crippen molar-refractivity contribution >= 4 is 17.6 Å². The summed E-state index contributed by atoms with van der Waals surface area (Å²) in [5.41, 5.74) is 0.872. The standard InChI is InChI=1S/C23H32F2N4O2/c1-5-6-12-28(15-19-8-7-11-27(19)4)22(30)16-29(14-17(2)3)23(31)26-21-10-9-18(24)13-20(21)25/h7-11,13,17H,5-6,12,14-16H2,1-4H3,(H,26,31). The quantitative estimate of drug-likeness (QED) is 0.593. The summed E-state index contributed by atoms with van der Waals surface area (Å²) in [6.45, 7) is 7.16. The van der Waals surface area contributed by atoms with Crippen LogP contribution in [0.5, 0.6) is 0 Å². The zero-order valence-corrected chi connectivity index (χ0v) is 18.7. The van der Waals surface area contributed by atoms with E-state index in [1.807, 2.05) is 43.8 Å². The van der Waals surface area contributed by atoms with Crippen molar-refractivity contribution in [2.24, 2.45) is 13.0 Å². The second-order valence-corrected chi connectivity index (χ2v) is 8.11. The fourth-order valence-corrected chi connectivity index (χ4v) is 3.21. The zero-order chi connectivity index (χ0) is 23.0. The Kier molecular flexibility index (Phi) is 9.03. The Bertz CT molecular complexity index is 882. The Morgan fingerprint density at radius 3 is 2.48 bits per heavy atom. The lowest BCUT2D eigenvalue weighted by Gasteiger charge is -2.29. The Hall–Kier alpha value is -2.90. The van der Waals surface area contributed by atoms with Crippen molar-refractivity contribution in [2.75, 3.05) is 25.0 Å². The molecule has 1 aromatic carbocycles. The molecule has 0 aliphatic carbocycles. The lowest BCUT2D eigenvalue weighted by molar-refractivity contribution is -0.132. The van der Waals surface area contributed by atoms with Gasteiger partial charge in [0.15, 0.2) is 0 Å². The van der Waals surface area contributed by atoms with Crippen LogP contribution in [-0.4, -0.2) is 45.9 Å². The van der Waals surface area contributed by atoms with E-state index in [-0.39, 0.29) is 24.1 Å². The maximum Gasteiger partial charge on any atom is 0.322 e. The first-order valence-corrected chi connectivity index (χ1v) is 10.6. The number of carbonyl (C=O) groups is 2. The van der Waals surface area contributed by atoms with E-state index in [0.29, 0.717) is 25.7 Å². The van der Waals surface area contributed by atoms with Crippen molar-refractivity contribution in [2.45, 2.75) is 40.2 Å². The molecule has 0 saturated carbocycles. The molecule has 0 aliphatic heterocycles. The van der Waals surface area contributed by atoms with Gasteiger partial charge < -0.3 is 19.7 Å². The zero-order valence-electron chi connectivity index (χ0n) is 18.7. The van der Waals surface area contributed by atoms with Gasteiger partial charge in [0, 0.05) is 38.1 Å². The van der Waals surface area contributed by atoms with Crippen LogP contribution in [0, 0.1) is 17.6 Å². The van der Waals surface area contributed by atoms with Crippen LogP contribution in [0.2, 0.25) is 0 Å². The third-order valence-corrected chi connectivity index (χ3v) is 4.91. The van der Waals surface area contributed by atoms with E-state index in [0.717, 1.165) is 24.6 Å². The number of unbranched alkanes of at least 4 members (excludes halogenated alkanes) is 1. The molecule has 0 radical (unpaired) electrons. The average molecular weight is 435 g/mol. The van der Waals surface area contributed by atoms with E-state index in [2.05, 4.69) is 12.2 Å². The van der Waals surface area contributed by atoms with E-state index in [1.165, 1.54) is 11.0 Å². The van der Waals surface area contributed by atoms with Gasteiger partial charge in [0.1, 0.15) is 18.2 Å². The molecule has 1 N–H and O–H groups in total. The number of aromatic nitrogens is 1. The van der Waals surface area contributed by atoms with Gasteiger partial charge >= 0.3 is 6.03 Å². The van der Waals surface area contributed by atoms with E-state index in [4.69, 9.17) is 0 Å². The summed E-state index contributed by atoms with van der Waals surface area (Å²) >= 11 is 0. The van der Waals surface area contributed by atoms with Gasteiger partial charge in [-0.25, -0.2) is 13.6 Å². The number of hydrogen-bond donors (Lipinski definition) is 1. The van der Waals surface area contributed by atoms with Gasteiger partial charge in [0.2, 0.25) is 5.91 Å². The van der Waals surface area contributed by atoms with Crippen LogP contribution in [0.3, 0.4) is 0 Å². The van der Waals surface area contributed by atoms with Crippen LogP contribution >= 0.6 is 0 Å². The van der Waals surface area contributed by atoms with Gasteiger partial charge in [-0.1, -0.05) is 27.2 Å². The molecule has 6 nitrogen and oxygen atoms in total. The second-order valence-electron chi connectivity index (χ2n) is 8.11. The molecule has 0 spiro atoms. The third kappa shape index (κ3) is 7.38. The van der Waals surface area contributed by atoms with E-state index < -0.39 is 17.7 Å². The molecule has 0 bridgehead atoms. The highest BCUT2D eigenvalue weighted by molar-refractivity contribution is 5.92. The number of nitrogens with one attached hydrogen (secondary N) is 1. The molecular formula is C23H32F2N4O2. The van der Waals surface area contributed by atoms with Gasteiger partial charge in [-0.3, -0.25) is 4.79 Å². The van der Waals surface area contributed by atoms with Crippen LogP contribution in [-0.2, 0) is 18.4 Å². The number of carbonyl (C=O) groups excluding carboxylic acids is 2. The number of nitrogens with zero attached hydrogens (tertiary/aromatic N) is 3. The minimum absolute atomic E-state index is 0.105. The molecule has 1 heterocycles. The van der Waals surface area contributed by atoms with Crippen LogP contribution < -0.4 is 5.32 Å². The Morgan fingerprint density at radius 1 is 1.16 bits per heavy atom. The van der Waals surface area contributed by atoms with Crippen LogP contribution in [0.25, 0.3) is 0 Å². The van der Waals surface area contributed by atoms with Crippen LogP contribution in [0.15, 0.2) is 36.5 Å². The number of benzene rings is 1. The first-order chi connectivity index (χ1) is 14.7. The van der Waals surface area contributed by atoms with Crippen LogP contribution in [0.1, 0.15) is 39.3 Å². The highest BCUT2D eigenvalue weighted by Gasteiger charge is 2.23. The van der Waals surface area contributed by atoms with Gasteiger partial charge in [-0.05, 0) is 36.6 Å². The Balaban J connectivity index is 2.14. The minimum atomic E-state index is -0.863. The van der Waals surface area contributed by atoms with Gasteiger partial charge in [-0.15, -0.1) is 0 Å². The first kappa shape index (κ1) is 24.4. The summed E-state index contributed by atoms with van der Waals surface area (Å²) in [6, 6.07) is 6.24. The van der Waals surface area contributed by atoms with Crippen molar-refractivity contribution in [3.63, 3.8) is 0 Å². The molecular weight excluding hydrogens is 402 g/mol. The SMILES string of the molecule is CCCCN(Cc1cccn1C)C(=O)CN(CC(C)C)C(=O)Nc1ccc(F)cc1F. The largest absolute Gasteiger partial charge is 0.353 e. The molecule has 0 atom stereocenters. The number of rotatable bonds is 10. The number of hydrogen-bond acceptors (Lipinski definition) is 2. The van der Waals surface area contributed by atoms with Gasteiger partial charge in [0.05, 0.1) is 12.2 Å². The van der Waals surface area contributed by atoms with Crippen molar-refractivity contribution in [3.8, 4) is 0 Å². The number of halogens is 2. The molecule has 31 heavy (non-hydrogen) atoms. The molecule has 0 aliphatic rings. The van der Waals surface area contributed by atoms with E-state index >= 15 is 0 Å². The number of urea groups is 1. The van der Waals surface area contributed by atoms with Crippen molar-refractivity contribution in [3.05, 3.63) is 53.9 Å². The van der Waals surface area contributed by atoms with Gasteiger partial charge in [-0.2, -0.15) is 0 Å². The summed E-state index contributed by atoms with van der Waals surface area (Å²) in [5.74, 6) is -1.66. The summed E-state index contributed by atoms with van der Waals surface area (Å²) in [7, 11) is 1.92. The normalized spacial score (nSPS) is 10.9. The first-order valence-electron chi connectivity index (χ1n) is 10.6. The summed E-state index contributed by atoms with van der Waals surface area (Å²) in [6.07, 6.45) is 3.72. The third-order valence-electron chi connectivity index (χ3n) is 4.91. The molecule has 3 amide bonds. The second kappa shape index (κ2) is 11.5. The highest BCUT2D eigenvalue weighted by atomic mass is 19.1.